The van der Waals surface area contributed by atoms with E-state index in [1.165, 1.54) is 0 Å². The molecule has 2 heteroatoms. The van der Waals surface area contributed by atoms with Crippen LogP contribution < -0.4 is 0 Å². The van der Waals surface area contributed by atoms with Gasteiger partial charge in [0.1, 0.15) is 0 Å². The Balaban J connectivity index is 1.44. The average molecular weight is 494 g/mol. The fraction of sp³-hybridized carbons (Fsp3) is 0. The van der Waals surface area contributed by atoms with E-state index in [1.807, 2.05) is 71.3 Å². The van der Waals surface area contributed by atoms with Crippen molar-refractivity contribution < 1.29 is 12.3 Å². The summed E-state index contributed by atoms with van der Waals surface area (Å²) >= 11 is 0. The highest BCUT2D eigenvalue weighted by Gasteiger charge is 2.15. The maximum Gasteiger partial charge on any atom is 0.0645 e. The first kappa shape index (κ1) is 14.0. The molecular formula is C36H24N2. The summed E-state index contributed by atoms with van der Waals surface area (Å²) in [5.41, 5.74) is 5.14. The number of hydrogen-bond acceptors (Lipinski definition) is 0. The van der Waals surface area contributed by atoms with Crippen LogP contribution in [0.15, 0.2) is 145 Å². The largest absolute Gasteiger partial charge is 0.309 e. The van der Waals surface area contributed by atoms with Crippen molar-refractivity contribution >= 4 is 43.6 Å². The lowest BCUT2D eigenvalue weighted by Crippen LogP contribution is -1.93. The summed E-state index contributed by atoms with van der Waals surface area (Å²) in [5.74, 6) is 0. The predicted molar refractivity (Wildman–Crippen MR) is 161 cm³/mol. The second-order valence-electron chi connectivity index (χ2n) is 9.18. The molecule has 8 rings (SSSR count). The Labute approximate surface area is 233 Å². The maximum atomic E-state index is 8.85. The molecule has 0 spiro atoms. The van der Waals surface area contributed by atoms with Gasteiger partial charge in [0.25, 0.3) is 0 Å². The van der Waals surface area contributed by atoms with Crippen molar-refractivity contribution in [1.29, 1.82) is 0 Å². The minimum atomic E-state index is -0.325. The molecule has 0 atom stereocenters. The highest BCUT2D eigenvalue weighted by atomic mass is 15.0. The Kier molecular flexibility index (Phi) is 3.03. The minimum absolute atomic E-state index is 0.119. The van der Waals surface area contributed by atoms with Crippen molar-refractivity contribution in [3.8, 4) is 22.5 Å². The monoisotopic (exact) mass is 493 g/mol. The van der Waals surface area contributed by atoms with Crippen LogP contribution in [0.2, 0.25) is 0 Å². The zero-order valence-corrected chi connectivity index (χ0v) is 20.1. The predicted octanol–water partition coefficient (Wildman–Crippen LogP) is 9.55. The van der Waals surface area contributed by atoms with Crippen molar-refractivity contribution in [2.75, 3.05) is 0 Å². The van der Waals surface area contributed by atoms with Crippen LogP contribution in [-0.2, 0) is 0 Å². The number of aromatic nitrogens is 2. The quantitative estimate of drug-likeness (QED) is 0.232. The molecule has 0 N–H and O–H groups in total. The number of rotatable bonds is 3. The Morgan fingerprint density at radius 1 is 0.395 bits per heavy atom. The van der Waals surface area contributed by atoms with Crippen molar-refractivity contribution in [3.63, 3.8) is 0 Å². The number of nitrogens with zero attached hydrogens (tertiary/aromatic N) is 2. The second-order valence-corrected chi connectivity index (χ2v) is 9.18. The minimum Gasteiger partial charge on any atom is -0.309 e. The van der Waals surface area contributed by atoms with Gasteiger partial charge in [-0.25, -0.2) is 0 Å². The summed E-state index contributed by atoms with van der Waals surface area (Å²) in [7, 11) is 0. The van der Waals surface area contributed by atoms with Crippen LogP contribution in [0, 0.1) is 0 Å². The molecule has 2 aromatic heterocycles. The van der Waals surface area contributed by atoms with Crippen molar-refractivity contribution in [2.45, 2.75) is 0 Å². The molecule has 0 aliphatic heterocycles. The summed E-state index contributed by atoms with van der Waals surface area (Å²) in [5, 5.41) is 2.10. The fourth-order valence-electron chi connectivity index (χ4n) is 5.44. The van der Waals surface area contributed by atoms with Gasteiger partial charge in [0, 0.05) is 32.9 Å². The molecule has 2 heterocycles. The molecule has 0 saturated carbocycles. The molecule has 6 aromatic carbocycles. The Morgan fingerprint density at radius 3 is 1.39 bits per heavy atom. The SMILES string of the molecule is [2H]c1ccc(-n2c3ccc(-c4ccc5c(c4)c4c([2H])c([2H])c([2H])c([2H])c4n5-c4ccccc4)cc3c3c([2H])c([2H])c([2H])c([2H])c32)cc1. The number of fused-ring (bicyclic) bond motifs is 6. The Bertz CT molecular complexity index is 2600. The van der Waals surface area contributed by atoms with Crippen LogP contribution in [0.3, 0.4) is 0 Å². The zero-order chi connectivity index (χ0) is 32.9. The molecule has 0 radical (unpaired) electrons. The smallest absolute Gasteiger partial charge is 0.0645 e. The molecule has 0 unspecified atom stereocenters. The fourth-order valence-corrected chi connectivity index (χ4v) is 5.44. The van der Waals surface area contributed by atoms with Gasteiger partial charge in [0.2, 0.25) is 0 Å². The lowest BCUT2D eigenvalue weighted by Gasteiger charge is -2.09. The van der Waals surface area contributed by atoms with Crippen LogP contribution in [0.25, 0.3) is 66.1 Å². The van der Waals surface area contributed by atoms with Gasteiger partial charge >= 0.3 is 0 Å². The van der Waals surface area contributed by atoms with E-state index in [0.717, 1.165) is 22.3 Å². The van der Waals surface area contributed by atoms with Crippen LogP contribution in [0.5, 0.6) is 0 Å². The van der Waals surface area contributed by atoms with Crippen LogP contribution >= 0.6 is 0 Å². The summed E-state index contributed by atoms with van der Waals surface area (Å²) < 4.78 is 80.5. The average Bonchev–Trinajstić information content (AvgIpc) is 3.62. The van der Waals surface area contributed by atoms with E-state index in [2.05, 4.69) is 0 Å². The highest BCUT2D eigenvalue weighted by molar-refractivity contribution is 6.12. The van der Waals surface area contributed by atoms with Gasteiger partial charge in [-0.3, -0.25) is 0 Å². The Hall–Kier alpha value is -5.08. The van der Waals surface area contributed by atoms with Gasteiger partial charge in [-0.05, 0) is 71.7 Å². The first-order valence-corrected chi connectivity index (χ1v) is 12.3. The van der Waals surface area contributed by atoms with Crippen LogP contribution in [-0.4, -0.2) is 9.13 Å². The Morgan fingerprint density at radius 2 is 0.868 bits per heavy atom. The maximum absolute atomic E-state index is 8.85. The van der Waals surface area contributed by atoms with E-state index < -0.39 is 0 Å². The van der Waals surface area contributed by atoms with Crippen LogP contribution in [0.1, 0.15) is 12.3 Å². The van der Waals surface area contributed by atoms with E-state index in [9.17, 15) is 0 Å². The van der Waals surface area contributed by atoms with Crippen molar-refractivity contribution in [2.24, 2.45) is 0 Å². The standard InChI is InChI=1S/C36H24N2/c1-3-11-27(12-4-1)37-33-17-9-7-15-29(33)31-23-25(19-21-35(31)37)26-20-22-36-32(24-26)30-16-8-10-18-34(30)38(36)28-13-5-2-6-14-28/h1-24H/i1D,7D,8D,9D,10D,15D,16D,17D,18D. The summed E-state index contributed by atoms with van der Waals surface area (Å²) in [6, 6.07) is 26.3. The first-order valence-electron chi connectivity index (χ1n) is 16.8. The molecule has 0 saturated heterocycles. The highest BCUT2D eigenvalue weighted by Crippen LogP contribution is 2.38. The normalized spacial score (nSPS) is 15.0. The van der Waals surface area contributed by atoms with E-state index >= 15 is 0 Å². The van der Waals surface area contributed by atoms with E-state index in [1.54, 1.807) is 28.8 Å². The molecule has 0 fully saturated rings. The van der Waals surface area contributed by atoms with Gasteiger partial charge in [-0.2, -0.15) is 0 Å². The van der Waals surface area contributed by atoms with Gasteiger partial charge < -0.3 is 9.13 Å². The third-order valence-corrected chi connectivity index (χ3v) is 7.10. The van der Waals surface area contributed by atoms with E-state index in [4.69, 9.17) is 12.3 Å². The molecule has 178 valence electrons. The van der Waals surface area contributed by atoms with Gasteiger partial charge in [-0.15, -0.1) is 0 Å². The summed E-state index contributed by atoms with van der Waals surface area (Å²) in [6.07, 6.45) is 0. The molecule has 0 aliphatic carbocycles. The van der Waals surface area contributed by atoms with E-state index in [-0.39, 0.29) is 48.3 Å². The third kappa shape index (κ3) is 3.07. The van der Waals surface area contributed by atoms with Gasteiger partial charge in [-0.1, -0.05) is 84.8 Å². The molecule has 0 aliphatic rings. The molecule has 2 nitrogen and oxygen atoms in total. The summed E-state index contributed by atoms with van der Waals surface area (Å²) in [4.78, 5) is 0. The zero-order valence-electron chi connectivity index (χ0n) is 29.1. The third-order valence-electron chi connectivity index (χ3n) is 7.10. The van der Waals surface area contributed by atoms with Crippen molar-refractivity contribution in [3.05, 3.63) is 145 Å². The first-order chi connectivity index (χ1) is 22.6. The molecular weight excluding hydrogens is 460 g/mol. The molecule has 0 amide bonds. The number of hydrogen-bond donors (Lipinski definition) is 0. The summed E-state index contributed by atoms with van der Waals surface area (Å²) in [6.45, 7) is 0. The number of para-hydroxylation sites is 4. The van der Waals surface area contributed by atoms with Crippen LogP contribution in [0.4, 0.5) is 0 Å². The lowest BCUT2D eigenvalue weighted by atomic mass is 10.0. The topological polar surface area (TPSA) is 9.86 Å². The van der Waals surface area contributed by atoms with Gasteiger partial charge in [0.15, 0.2) is 0 Å². The number of benzene rings is 6. The van der Waals surface area contributed by atoms with E-state index in [0.29, 0.717) is 49.8 Å². The second kappa shape index (κ2) is 8.22. The van der Waals surface area contributed by atoms with Gasteiger partial charge in [0.05, 0.1) is 34.4 Å². The lowest BCUT2D eigenvalue weighted by molar-refractivity contribution is 1.18. The van der Waals surface area contributed by atoms with Crippen molar-refractivity contribution in [1.82, 2.24) is 9.13 Å². The molecule has 0 bridgehead atoms. The molecule has 8 aromatic rings. The molecule has 38 heavy (non-hydrogen) atoms.